The first-order valence-electron chi connectivity index (χ1n) is 6.84. The zero-order valence-corrected chi connectivity index (χ0v) is 14.0. The molecule has 1 aromatic carbocycles. The van der Waals surface area contributed by atoms with Crippen molar-refractivity contribution >= 4 is 34.5 Å². The highest BCUT2D eigenvalue weighted by Gasteiger charge is 2.15. The fraction of sp³-hybridized carbons (Fsp3) is 0.312. The van der Waals surface area contributed by atoms with E-state index in [0.29, 0.717) is 10.6 Å². The molecule has 0 aliphatic carbocycles. The fourth-order valence-corrected chi connectivity index (χ4v) is 3.14. The highest BCUT2D eigenvalue weighted by atomic mass is 35.5. The van der Waals surface area contributed by atoms with Crippen molar-refractivity contribution in [3.05, 3.63) is 51.2 Å². The number of amides is 1. The number of benzene rings is 1. The lowest BCUT2D eigenvalue weighted by molar-refractivity contribution is 0.0828. The Morgan fingerprint density at radius 2 is 2.14 bits per heavy atom. The molecule has 0 fully saturated rings. The van der Waals surface area contributed by atoms with Crippen molar-refractivity contribution in [3.8, 4) is 0 Å². The van der Waals surface area contributed by atoms with Crippen LogP contribution in [0.25, 0.3) is 0 Å². The number of carbonyl (C=O) groups excluding carboxylic acids is 1. The monoisotopic (exact) mass is 322 g/mol. The molecule has 1 atom stereocenters. The van der Waals surface area contributed by atoms with Gasteiger partial charge in [0.15, 0.2) is 0 Å². The molecule has 0 radical (unpaired) electrons. The van der Waals surface area contributed by atoms with Crippen LogP contribution in [0, 0.1) is 0 Å². The van der Waals surface area contributed by atoms with Gasteiger partial charge in [0.2, 0.25) is 0 Å². The zero-order valence-electron chi connectivity index (χ0n) is 12.4. The molecule has 1 amide bonds. The highest BCUT2D eigenvalue weighted by Crippen LogP contribution is 2.28. The molecule has 1 N–H and O–H groups in total. The highest BCUT2D eigenvalue weighted by molar-refractivity contribution is 7.10. The van der Waals surface area contributed by atoms with Gasteiger partial charge >= 0.3 is 0 Å². The Hall–Kier alpha value is -1.52. The molecular weight excluding hydrogens is 304 g/mol. The molecule has 0 saturated heterocycles. The van der Waals surface area contributed by atoms with Gasteiger partial charge in [0, 0.05) is 24.7 Å². The first kappa shape index (κ1) is 15.9. The number of hydrogen-bond acceptors (Lipinski definition) is 3. The van der Waals surface area contributed by atoms with Crippen molar-refractivity contribution in [2.24, 2.45) is 0 Å². The summed E-state index contributed by atoms with van der Waals surface area (Å²) in [4.78, 5) is 14.9. The molecule has 3 nitrogen and oxygen atoms in total. The fourth-order valence-electron chi connectivity index (χ4n) is 2.08. The zero-order chi connectivity index (χ0) is 15.4. The lowest BCUT2D eigenvalue weighted by Crippen LogP contribution is -2.22. The third-order valence-electron chi connectivity index (χ3n) is 3.24. The first-order chi connectivity index (χ1) is 10.0. The second kappa shape index (κ2) is 6.96. The maximum atomic E-state index is 12.1. The van der Waals surface area contributed by atoms with E-state index in [4.69, 9.17) is 11.6 Å². The largest absolute Gasteiger partial charge is 0.377 e. The summed E-state index contributed by atoms with van der Waals surface area (Å²) in [5.41, 5.74) is 1.43. The van der Waals surface area contributed by atoms with Crippen LogP contribution >= 0.6 is 22.9 Å². The summed E-state index contributed by atoms with van der Waals surface area (Å²) in [6.07, 6.45) is 0.972. The van der Waals surface area contributed by atoms with Crippen LogP contribution in [0.15, 0.2) is 35.7 Å². The maximum absolute atomic E-state index is 12.1. The molecule has 1 unspecified atom stereocenters. The molecule has 0 bridgehead atoms. The smallest absolute Gasteiger partial charge is 0.254 e. The third-order valence-corrected chi connectivity index (χ3v) is 4.55. The summed E-state index contributed by atoms with van der Waals surface area (Å²) < 4.78 is 0. The standard InChI is InChI=1S/C16H19ClN2OS/c1-4-14(15-6-5-9-21-15)18-11-7-8-13(17)12(10-11)16(20)19(2)3/h5-10,14,18H,4H2,1-3H3. The molecule has 5 heteroatoms. The molecule has 0 aliphatic rings. The van der Waals surface area contributed by atoms with Gasteiger partial charge in [-0.2, -0.15) is 0 Å². The first-order valence-corrected chi connectivity index (χ1v) is 8.09. The minimum atomic E-state index is -0.0900. The maximum Gasteiger partial charge on any atom is 0.254 e. The van der Waals surface area contributed by atoms with Crippen molar-refractivity contribution in [1.82, 2.24) is 4.90 Å². The molecule has 2 aromatic rings. The normalized spacial score (nSPS) is 12.0. The van der Waals surface area contributed by atoms with Gasteiger partial charge in [0.05, 0.1) is 16.6 Å². The lowest BCUT2D eigenvalue weighted by atomic mass is 10.1. The Balaban J connectivity index is 2.24. The summed E-state index contributed by atoms with van der Waals surface area (Å²) in [7, 11) is 3.44. The van der Waals surface area contributed by atoms with E-state index in [1.165, 1.54) is 9.78 Å². The van der Waals surface area contributed by atoms with Crippen LogP contribution in [-0.4, -0.2) is 24.9 Å². The summed E-state index contributed by atoms with van der Waals surface area (Å²) >= 11 is 7.86. The second-order valence-electron chi connectivity index (χ2n) is 5.01. The predicted molar refractivity (Wildman–Crippen MR) is 90.4 cm³/mol. The van der Waals surface area contributed by atoms with E-state index < -0.39 is 0 Å². The average molecular weight is 323 g/mol. The summed E-state index contributed by atoms with van der Waals surface area (Å²) in [5, 5.41) is 6.02. The molecule has 21 heavy (non-hydrogen) atoms. The molecule has 0 spiro atoms. The Kier molecular flexibility index (Phi) is 5.26. The summed E-state index contributed by atoms with van der Waals surface area (Å²) in [6, 6.07) is 9.91. The van der Waals surface area contributed by atoms with Gasteiger partial charge in [-0.25, -0.2) is 0 Å². The number of hydrogen-bond donors (Lipinski definition) is 1. The predicted octanol–water partition coefficient (Wildman–Crippen LogP) is 4.67. The quantitative estimate of drug-likeness (QED) is 0.867. The van der Waals surface area contributed by atoms with Crippen LogP contribution in [0.3, 0.4) is 0 Å². The lowest BCUT2D eigenvalue weighted by Gasteiger charge is -2.18. The van der Waals surface area contributed by atoms with Gasteiger partial charge in [0.1, 0.15) is 0 Å². The number of halogens is 1. The van der Waals surface area contributed by atoms with Crippen LogP contribution in [0.4, 0.5) is 5.69 Å². The van der Waals surface area contributed by atoms with Crippen molar-refractivity contribution < 1.29 is 4.79 Å². The van der Waals surface area contributed by atoms with Crippen LogP contribution < -0.4 is 5.32 Å². The Morgan fingerprint density at radius 1 is 1.38 bits per heavy atom. The van der Waals surface area contributed by atoms with E-state index in [1.807, 2.05) is 18.2 Å². The van der Waals surface area contributed by atoms with Crippen LogP contribution in [0.5, 0.6) is 0 Å². The molecular formula is C16H19ClN2OS. The van der Waals surface area contributed by atoms with E-state index in [0.717, 1.165) is 12.1 Å². The number of nitrogens with zero attached hydrogens (tertiary/aromatic N) is 1. The number of anilines is 1. The van der Waals surface area contributed by atoms with E-state index in [-0.39, 0.29) is 11.9 Å². The van der Waals surface area contributed by atoms with Gasteiger partial charge < -0.3 is 10.2 Å². The molecule has 1 aromatic heterocycles. The minimum absolute atomic E-state index is 0.0900. The summed E-state index contributed by atoms with van der Waals surface area (Å²) in [5.74, 6) is -0.0900. The molecule has 2 rings (SSSR count). The van der Waals surface area contributed by atoms with E-state index in [1.54, 1.807) is 31.5 Å². The van der Waals surface area contributed by atoms with Crippen molar-refractivity contribution in [2.75, 3.05) is 19.4 Å². The molecule has 0 aliphatic heterocycles. The van der Waals surface area contributed by atoms with E-state index in [9.17, 15) is 4.79 Å². The van der Waals surface area contributed by atoms with E-state index in [2.05, 4.69) is 23.7 Å². The minimum Gasteiger partial charge on any atom is -0.377 e. The van der Waals surface area contributed by atoms with Crippen molar-refractivity contribution in [2.45, 2.75) is 19.4 Å². The molecule has 112 valence electrons. The topological polar surface area (TPSA) is 32.3 Å². The van der Waals surface area contributed by atoms with Crippen molar-refractivity contribution in [1.29, 1.82) is 0 Å². The van der Waals surface area contributed by atoms with Gasteiger partial charge in [0.25, 0.3) is 5.91 Å². The Morgan fingerprint density at radius 3 is 2.71 bits per heavy atom. The number of carbonyl (C=O) groups is 1. The third kappa shape index (κ3) is 3.77. The van der Waals surface area contributed by atoms with E-state index >= 15 is 0 Å². The Bertz CT molecular complexity index is 611. The van der Waals surface area contributed by atoms with Crippen molar-refractivity contribution in [3.63, 3.8) is 0 Å². The second-order valence-corrected chi connectivity index (χ2v) is 6.40. The SMILES string of the molecule is CCC(Nc1ccc(Cl)c(C(=O)N(C)C)c1)c1cccs1. The Labute approximate surface area is 134 Å². The van der Waals surface area contributed by atoms with Gasteiger partial charge in [-0.3, -0.25) is 4.79 Å². The van der Waals surface area contributed by atoms with Gasteiger partial charge in [-0.1, -0.05) is 24.6 Å². The average Bonchev–Trinajstić information content (AvgIpc) is 2.99. The van der Waals surface area contributed by atoms with Gasteiger partial charge in [-0.05, 0) is 36.1 Å². The van der Waals surface area contributed by atoms with Crippen LogP contribution in [-0.2, 0) is 0 Å². The number of nitrogens with one attached hydrogen (secondary N) is 1. The molecule has 1 heterocycles. The summed E-state index contributed by atoms with van der Waals surface area (Å²) in [6.45, 7) is 2.14. The van der Waals surface area contributed by atoms with Crippen LogP contribution in [0.1, 0.15) is 34.6 Å². The van der Waals surface area contributed by atoms with Crippen LogP contribution in [0.2, 0.25) is 5.02 Å². The number of rotatable bonds is 5. The number of thiophene rings is 1. The molecule has 0 saturated carbocycles. The van der Waals surface area contributed by atoms with Gasteiger partial charge in [-0.15, -0.1) is 11.3 Å².